The predicted octanol–water partition coefficient (Wildman–Crippen LogP) is 18.1. The number of aliphatic hydroxyl groups is 4. The lowest BCUT2D eigenvalue weighted by Crippen LogP contribution is -2.52. The highest BCUT2D eigenvalue weighted by molar-refractivity contribution is 5.21. The van der Waals surface area contributed by atoms with E-state index in [2.05, 4.69) is 105 Å². The van der Waals surface area contributed by atoms with Gasteiger partial charge in [0.05, 0.1) is 93.6 Å². The first-order valence-corrected chi connectivity index (χ1v) is 50.4. The maximum atomic E-state index is 11.1. The van der Waals surface area contributed by atoms with Gasteiger partial charge in [0.25, 0.3) is 0 Å². The Morgan fingerprint density at radius 3 is 1.05 bits per heavy atom. The van der Waals surface area contributed by atoms with E-state index in [9.17, 15) is 20.4 Å². The van der Waals surface area contributed by atoms with Crippen LogP contribution in [0, 0.1) is 178 Å². The molecule has 22 heteroatoms. The molecule has 16 fully saturated rings. The number of hydrogen-bond acceptors (Lipinski definition) is 18. The molecule has 0 aliphatic heterocycles. The van der Waals surface area contributed by atoms with Crippen molar-refractivity contribution in [2.45, 2.75) is 335 Å². The van der Waals surface area contributed by atoms with Crippen LogP contribution in [0.2, 0.25) is 0 Å². The molecule has 124 heavy (non-hydrogen) atoms. The SMILES string of the molecule is C=C(Cn1ccnn1)[C@H]1CC[C@H]2[C@@H]3CC[C@H]4C[C@@](O)(COCC)CC[C@@H]4[C@H]3CC[C@]12C.C=C(Cn1nccn1)[C@H]1CC[C@H]2[C@@H]3CC[C@H]4C[C@@](O)(COCC)CC[C@@H]4[C@H]3CC[C@]12C.C=C(Cn1nnc(C)n1)[C@H]1CC[C@H]2[C@@H]3CC[C@H]4C[C@@](O)(COC)CC[C@@H]4[C@H]3CC[C@]12C.C=C(Cn1nnnc1C)[C@H]1CC[C@H]2[C@@H]3CC[C@H]4C[C@@](O)(COC)CC[C@@H]4[C@H]3CC[C@]12C. The summed E-state index contributed by atoms with van der Waals surface area (Å²) in [6, 6.07) is 0. The maximum Gasteiger partial charge on any atom is 0.171 e. The zero-order chi connectivity index (χ0) is 86.9. The first-order valence-electron chi connectivity index (χ1n) is 50.4. The average Bonchev–Trinajstić information content (AvgIpc) is 1.53. The molecule has 0 unspecified atom stereocenters. The minimum absolute atomic E-state index is 0.367. The molecule has 0 saturated heterocycles. The molecule has 4 aromatic heterocycles. The number of aryl methyl sites for hydroxylation is 2. The molecule has 4 N–H and O–H groups in total. The van der Waals surface area contributed by atoms with Crippen LogP contribution in [0.1, 0.15) is 284 Å². The van der Waals surface area contributed by atoms with Gasteiger partial charge in [-0.2, -0.15) is 19.8 Å². The maximum absolute atomic E-state index is 11.1. The van der Waals surface area contributed by atoms with E-state index >= 15 is 0 Å². The summed E-state index contributed by atoms with van der Waals surface area (Å²) in [6.07, 6.45) is 51.4. The molecule has 0 bridgehead atoms. The Kier molecular flexibility index (Phi) is 27.2. The topological polar surface area (TPSA) is 266 Å². The van der Waals surface area contributed by atoms with Gasteiger partial charge in [0.15, 0.2) is 5.82 Å². The van der Waals surface area contributed by atoms with Gasteiger partial charge in [0.1, 0.15) is 5.82 Å². The van der Waals surface area contributed by atoms with Gasteiger partial charge in [-0.25, -0.2) is 9.36 Å². The van der Waals surface area contributed by atoms with Crippen LogP contribution < -0.4 is 0 Å². The Balaban J connectivity index is 0.000000117. The van der Waals surface area contributed by atoms with Gasteiger partial charge in [-0.3, -0.25) is 0 Å². The Labute approximate surface area is 743 Å². The Morgan fingerprint density at radius 2 is 0.726 bits per heavy atom. The van der Waals surface area contributed by atoms with Crippen molar-refractivity contribution in [3.8, 4) is 0 Å². The summed E-state index contributed by atoms with van der Waals surface area (Å²) in [6.45, 7) is 42.7. The van der Waals surface area contributed by atoms with Crippen LogP contribution in [0.4, 0.5) is 0 Å². The number of rotatable bonds is 22. The van der Waals surface area contributed by atoms with Crippen molar-refractivity contribution in [3.05, 3.63) is 85.0 Å². The lowest BCUT2D eigenvalue weighted by atomic mass is 9.48. The smallest absolute Gasteiger partial charge is 0.171 e. The van der Waals surface area contributed by atoms with Crippen LogP contribution in [0.15, 0.2) is 73.4 Å². The monoisotopic (exact) mass is 1710 g/mol. The Morgan fingerprint density at radius 1 is 0.379 bits per heavy atom. The van der Waals surface area contributed by atoms with E-state index < -0.39 is 22.4 Å². The number of nitrogens with zero attached hydrogens (tertiary/aromatic N) is 14. The third-order valence-corrected chi connectivity index (χ3v) is 40.0. The van der Waals surface area contributed by atoms with Crippen LogP contribution in [-0.4, -0.2) is 167 Å². The summed E-state index contributed by atoms with van der Waals surface area (Å²) in [4.78, 5) is 3.51. The first kappa shape index (κ1) is 91.0. The van der Waals surface area contributed by atoms with Crippen molar-refractivity contribution >= 4 is 0 Å². The molecule has 0 aromatic carbocycles. The second-order valence-corrected chi connectivity index (χ2v) is 46.0. The van der Waals surface area contributed by atoms with E-state index in [1.807, 2.05) is 43.3 Å². The quantitative estimate of drug-likeness (QED) is 0.0533. The summed E-state index contributed by atoms with van der Waals surface area (Å²) in [5.41, 5.74) is 4.48. The van der Waals surface area contributed by atoms with Gasteiger partial charge in [-0.1, -0.05) is 81.5 Å². The number of methoxy groups -OCH3 is 2. The molecular formula is C102H162N14O8. The first-order chi connectivity index (χ1) is 59.5. The number of ether oxygens (including phenoxy) is 4. The summed E-state index contributed by atoms with van der Waals surface area (Å²) in [5.74, 6) is 20.2. The largest absolute Gasteiger partial charge is 0.387 e. The molecule has 4 heterocycles. The van der Waals surface area contributed by atoms with E-state index in [4.69, 9.17) is 18.9 Å². The molecule has 0 radical (unpaired) electrons. The number of aromatic nitrogens is 14. The fourth-order valence-electron chi connectivity index (χ4n) is 34.8. The second kappa shape index (κ2) is 37.0. The third-order valence-electron chi connectivity index (χ3n) is 40.0. The Bertz CT molecular complexity index is 4140. The van der Waals surface area contributed by atoms with Crippen LogP contribution >= 0.6 is 0 Å². The van der Waals surface area contributed by atoms with Crippen molar-refractivity contribution in [3.63, 3.8) is 0 Å². The highest BCUT2D eigenvalue weighted by atomic mass is 16.5. The van der Waals surface area contributed by atoms with E-state index in [-0.39, 0.29) is 0 Å². The molecule has 22 nitrogen and oxygen atoms in total. The molecule has 0 amide bonds. The molecule has 0 spiro atoms. The van der Waals surface area contributed by atoms with Gasteiger partial charge in [0.2, 0.25) is 0 Å². The molecule has 4 aromatic rings. The minimum Gasteiger partial charge on any atom is -0.387 e. The van der Waals surface area contributed by atoms with Gasteiger partial charge in [-0.15, -0.1) is 20.4 Å². The predicted molar refractivity (Wildman–Crippen MR) is 481 cm³/mol. The average molecular weight is 1710 g/mol. The van der Waals surface area contributed by atoms with Crippen molar-refractivity contribution in [2.24, 2.45) is 164 Å². The zero-order valence-corrected chi connectivity index (χ0v) is 78.2. The minimum atomic E-state index is -0.587. The summed E-state index contributed by atoms with van der Waals surface area (Å²) >= 11 is 0. The standard InChI is InChI=1S/2C26H41N3O2.2C25H40N4O2/c1-4-31-17-26(30)12-10-20-19(15-26)5-6-22-21(20)9-11-25(3)23(7-8-24(22)25)18(2)16-29-14-13-27-28-29;1-4-31-17-26(30)12-10-20-19(15-26)5-6-22-21(20)9-11-25(3)23(7-8-24(22)25)18(2)16-29-27-13-14-28-29;1-16(14-29-17(2)26-27-28-29)22-7-8-23-21-6-5-18-13-25(30,15-31-4)12-10-19(18)20(21)9-11-24(22,23)3;1-16(14-29-27-17(2)26-28-29)22-7-8-23-21-6-5-18-13-25(30,15-31-4)12-10-19(18)20(21)9-11-24(22,23)3/h2*13-14,19-24,30H,2,4-12,15-17H2,1,3H3;2*18-23,30H,1,5-15H2,2-4H3/t2*19-,20-,21+,22+,23+,24-,25+,26+;2*18-,19-,20+,21+,22+,23-,24+,25+/m0000/s1. The van der Waals surface area contributed by atoms with Crippen molar-refractivity contribution in [1.82, 2.24) is 70.4 Å². The van der Waals surface area contributed by atoms with Crippen LogP contribution in [0.25, 0.3) is 0 Å². The van der Waals surface area contributed by atoms with Crippen molar-refractivity contribution in [1.29, 1.82) is 0 Å². The summed E-state index contributed by atoms with van der Waals surface area (Å²) in [5, 5.41) is 85.5. The number of allylic oxidation sites excluding steroid dienone is 4. The molecule has 16 saturated carbocycles. The van der Waals surface area contributed by atoms with E-state index in [0.717, 1.165) is 177 Å². The summed E-state index contributed by atoms with van der Waals surface area (Å²) in [7, 11) is 3.43. The second-order valence-electron chi connectivity index (χ2n) is 46.0. The van der Waals surface area contributed by atoms with Crippen LogP contribution in [0.5, 0.6) is 0 Å². The lowest BCUT2D eigenvalue weighted by Gasteiger charge is -2.57. The molecule has 32 atom stereocenters. The van der Waals surface area contributed by atoms with Gasteiger partial charge in [-0.05, 0) is 438 Å². The fourth-order valence-corrected chi connectivity index (χ4v) is 34.8. The summed E-state index contributed by atoms with van der Waals surface area (Å²) < 4.78 is 25.8. The van der Waals surface area contributed by atoms with E-state index in [1.54, 1.807) is 42.4 Å². The Hall–Kier alpha value is -4.94. The fraction of sp³-hybridized carbons (Fsp3) is 0.863. The normalized spacial score (nSPS) is 44.4. The number of tetrazole rings is 2. The van der Waals surface area contributed by atoms with Gasteiger partial charge in [0, 0.05) is 33.6 Å². The van der Waals surface area contributed by atoms with E-state index in [1.165, 1.54) is 202 Å². The molecule has 16 aliphatic carbocycles. The van der Waals surface area contributed by atoms with Gasteiger partial charge >= 0.3 is 0 Å². The molecule has 688 valence electrons. The molecule has 16 aliphatic rings. The van der Waals surface area contributed by atoms with E-state index in [0.29, 0.717) is 115 Å². The van der Waals surface area contributed by atoms with Crippen molar-refractivity contribution in [2.75, 3.05) is 53.9 Å². The number of hydrogen-bond donors (Lipinski definition) is 4. The highest BCUT2D eigenvalue weighted by Gasteiger charge is 2.64. The van der Waals surface area contributed by atoms with Crippen LogP contribution in [0.3, 0.4) is 0 Å². The van der Waals surface area contributed by atoms with Crippen molar-refractivity contribution < 1.29 is 39.4 Å². The third kappa shape index (κ3) is 17.7. The lowest BCUT2D eigenvalue weighted by molar-refractivity contribution is -0.127. The zero-order valence-electron chi connectivity index (χ0n) is 78.2. The van der Waals surface area contributed by atoms with Gasteiger partial charge < -0.3 is 39.4 Å². The molecule has 20 rings (SSSR count). The number of fused-ring (bicyclic) bond motifs is 20. The van der Waals surface area contributed by atoms with Crippen LogP contribution in [-0.2, 0) is 45.1 Å². The highest BCUT2D eigenvalue weighted by Crippen LogP contribution is 2.71. The molecular weight excluding hydrogens is 1550 g/mol.